The summed E-state index contributed by atoms with van der Waals surface area (Å²) in [4.78, 5) is 18.2. The Kier molecular flexibility index (Phi) is 4.35. The monoisotopic (exact) mass is 269 g/mol. The van der Waals surface area contributed by atoms with Gasteiger partial charge in [0.1, 0.15) is 5.82 Å². The number of hydrogen-bond acceptors (Lipinski definition) is 3. The number of aromatic nitrogens is 1. The molecule has 1 amide bonds. The van der Waals surface area contributed by atoms with E-state index in [4.69, 9.17) is 0 Å². The molecule has 0 aliphatic rings. The van der Waals surface area contributed by atoms with Crippen molar-refractivity contribution < 1.29 is 4.79 Å². The van der Waals surface area contributed by atoms with Gasteiger partial charge in [-0.3, -0.25) is 4.79 Å². The second-order valence-corrected chi connectivity index (χ2v) is 4.95. The fourth-order valence-electron chi connectivity index (χ4n) is 1.89. The van der Waals surface area contributed by atoms with Crippen LogP contribution < -0.4 is 10.2 Å². The molecule has 1 heterocycles. The van der Waals surface area contributed by atoms with Gasteiger partial charge in [0, 0.05) is 14.1 Å². The van der Waals surface area contributed by atoms with Gasteiger partial charge in [0.05, 0.1) is 18.3 Å². The Morgan fingerprint density at radius 1 is 1.20 bits per heavy atom. The lowest BCUT2D eigenvalue weighted by atomic mass is 10.1. The van der Waals surface area contributed by atoms with E-state index in [2.05, 4.69) is 10.3 Å². The summed E-state index contributed by atoms with van der Waals surface area (Å²) < 4.78 is 0. The number of benzene rings is 1. The molecule has 0 aliphatic heterocycles. The van der Waals surface area contributed by atoms with Crippen LogP contribution in [0.4, 0.5) is 11.5 Å². The minimum atomic E-state index is -0.0515. The van der Waals surface area contributed by atoms with Crippen LogP contribution in [-0.4, -0.2) is 25.0 Å². The molecule has 1 aromatic heterocycles. The van der Waals surface area contributed by atoms with Crippen LogP contribution in [0.25, 0.3) is 0 Å². The highest BCUT2D eigenvalue weighted by Gasteiger charge is 2.07. The molecule has 0 saturated carbocycles. The molecule has 0 atom stereocenters. The number of aryl methyl sites for hydroxylation is 1. The first-order valence-corrected chi connectivity index (χ1v) is 6.54. The van der Waals surface area contributed by atoms with Crippen molar-refractivity contribution in [2.45, 2.75) is 13.3 Å². The van der Waals surface area contributed by atoms with Crippen molar-refractivity contribution in [3.05, 3.63) is 53.7 Å². The highest BCUT2D eigenvalue weighted by Crippen LogP contribution is 2.13. The molecule has 0 spiro atoms. The minimum Gasteiger partial charge on any atom is -0.376 e. The SMILES string of the molecule is Cc1ccccc1CC(=O)Nc1ccc(N(C)C)cn1. The molecule has 104 valence electrons. The number of rotatable bonds is 4. The van der Waals surface area contributed by atoms with Gasteiger partial charge in [0.2, 0.25) is 5.91 Å². The summed E-state index contributed by atoms with van der Waals surface area (Å²) in [5.74, 6) is 0.526. The summed E-state index contributed by atoms with van der Waals surface area (Å²) in [5.41, 5.74) is 3.16. The van der Waals surface area contributed by atoms with Crippen LogP contribution >= 0.6 is 0 Å². The van der Waals surface area contributed by atoms with Gasteiger partial charge in [0.15, 0.2) is 0 Å². The number of pyridine rings is 1. The van der Waals surface area contributed by atoms with Gasteiger partial charge < -0.3 is 10.2 Å². The molecule has 1 N–H and O–H groups in total. The quantitative estimate of drug-likeness (QED) is 0.928. The van der Waals surface area contributed by atoms with Crippen LogP contribution in [0.15, 0.2) is 42.6 Å². The maximum absolute atomic E-state index is 12.0. The van der Waals surface area contributed by atoms with Gasteiger partial charge in [-0.2, -0.15) is 0 Å². The average molecular weight is 269 g/mol. The molecular formula is C16H19N3O. The third kappa shape index (κ3) is 3.57. The van der Waals surface area contributed by atoms with E-state index in [1.807, 2.05) is 62.3 Å². The zero-order chi connectivity index (χ0) is 14.5. The van der Waals surface area contributed by atoms with E-state index in [1.54, 1.807) is 6.20 Å². The van der Waals surface area contributed by atoms with Crippen LogP contribution in [0.1, 0.15) is 11.1 Å². The van der Waals surface area contributed by atoms with E-state index in [9.17, 15) is 4.79 Å². The van der Waals surface area contributed by atoms with Crippen LogP contribution in [0.2, 0.25) is 0 Å². The molecule has 0 bridgehead atoms. The molecule has 0 unspecified atom stereocenters. The maximum atomic E-state index is 12.0. The number of anilines is 2. The fourth-order valence-corrected chi connectivity index (χ4v) is 1.89. The standard InChI is InChI=1S/C16H19N3O/c1-12-6-4-5-7-13(12)10-16(20)18-15-9-8-14(11-17-15)19(2)3/h4-9,11H,10H2,1-3H3,(H,17,18,20). The van der Waals surface area contributed by atoms with E-state index < -0.39 is 0 Å². The number of nitrogens with zero attached hydrogens (tertiary/aromatic N) is 2. The summed E-state index contributed by atoms with van der Waals surface area (Å²) in [6, 6.07) is 11.6. The number of hydrogen-bond donors (Lipinski definition) is 1. The Balaban J connectivity index is 1.99. The number of amides is 1. The summed E-state index contributed by atoms with van der Waals surface area (Å²) in [6.45, 7) is 2.01. The largest absolute Gasteiger partial charge is 0.376 e. The van der Waals surface area contributed by atoms with Crippen molar-refractivity contribution in [2.75, 3.05) is 24.3 Å². The van der Waals surface area contributed by atoms with Crippen LogP contribution in [-0.2, 0) is 11.2 Å². The van der Waals surface area contributed by atoms with Gasteiger partial charge in [-0.05, 0) is 30.2 Å². The van der Waals surface area contributed by atoms with Crippen molar-refractivity contribution in [3.63, 3.8) is 0 Å². The zero-order valence-corrected chi connectivity index (χ0v) is 12.1. The van der Waals surface area contributed by atoms with Gasteiger partial charge in [-0.1, -0.05) is 24.3 Å². The first kappa shape index (κ1) is 14.1. The Labute approximate surface area is 119 Å². The van der Waals surface area contributed by atoms with Crippen LogP contribution in [0, 0.1) is 6.92 Å². The van der Waals surface area contributed by atoms with E-state index >= 15 is 0 Å². The third-order valence-electron chi connectivity index (χ3n) is 3.14. The van der Waals surface area contributed by atoms with E-state index in [0.717, 1.165) is 16.8 Å². The lowest BCUT2D eigenvalue weighted by Crippen LogP contribution is -2.16. The second kappa shape index (κ2) is 6.19. The summed E-state index contributed by atoms with van der Waals surface area (Å²) in [6.07, 6.45) is 2.10. The highest BCUT2D eigenvalue weighted by molar-refractivity contribution is 5.91. The third-order valence-corrected chi connectivity index (χ3v) is 3.14. The van der Waals surface area contributed by atoms with Gasteiger partial charge >= 0.3 is 0 Å². The lowest BCUT2D eigenvalue weighted by Gasteiger charge is -2.12. The summed E-state index contributed by atoms with van der Waals surface area (Å²) in [5, 5.41) is 2.82. The van der Waals surface area contributed by atoms with Crippen molar-refractivity contribution in [2.24, 2.45) is 0 Å². The van der Waals surface area contributed by atoms with E-state index in [0.29, 0.717) is 12.2 Å². The molecule has 0 fully saturated rings. The predicted molar refractivity (Wildman–Crippen MR) is 82.1 cm³/mol. The van der Waals surface area contributed by atoms with Gasteiger partial charge in [-0.25, -0.2) is 4.98 Å². The Hall–Kier alpha value is -2.36. The first-order valence-electron chi connectivity index (χ1n) is 6.54. The van der Waals surface area contributed by atoms with Crippen molar-refractivity contribution >= 4 is 17.4 Å². The normalized spacial score (nSPS) is 10.2. The fraction of sp³-hybridized carbons (Fsp3) is 0.250. The molecule has 2 aromatic rings. The molecule has 0 aliphatic carbocycles. The molecule has 4 heteroatoms. The summed E-state index contributed by atoms with van der Waals surface area (Å²) >= 11 is 0. The molecule has 1 aromatic carbocycles. The molecule has 2 rings (SSSR count). The molecule has 0 saturated heterocycles. The highest BCUT2D eigenvalue weighted by atomic mass is 16.1. The Morgan fingerprint density at radius 3 is 2.55 bits per heavy atom. The number of carbonyl (C=O) groups is 1. The Bertz CT molecular complexity index is 591. The summed E-state index contributed by atoms with van der Waals surface area (Å²) in [7, 11) is 3.90. The smallest absolute Gasteiger partial charge is 0.229 e. The molecule has 0 radical (unpaired) electrons. The van der Waals surface area contributed by atoms with Crippen molar-refractivity contribution in [1.29, 1.82) is 0 Å². The molecular weight excluding hydrogens is 250 g/mol. The molecule has 4 nitrogen and oxygen atoms in total. The van der Waals surface area contributed by atoms with E-state index in [1.165, 1.54) is 0 Å². The zero-order valence-electron chi connectivity index (χ0n) is 12.1. The lowest BCUT2D eigenvalue weighted by molar-refractivity contribution is -0.115. The van der Waals surface area contributed by atoms with Crippen molar-refractivity contribution in [1.82, 2.24) is 4.98 Å². The van der Waals surface area contributed by atoms with Gasteiger partial charge in [0.25, 0.3) is 0 Å². The van der Waals surface area contributed by atoms with Crippen molar-refractivity contribution in [3.8, 4) is 0 Å². The van der Waals surface area contributed by atoms with Crippen LogP contribution in [0.5, 0.6) is 0 Å². The second-order valence-electron chi connectivity index (χ2n) is 4.95. The molecule has 20 heavy (non-hydrogen) atoms. The Morgan fingerprint density at radius 2 is 1.95 bits per heavy atom. The number of carbonyl (C=O) groups excluding carboxylic acids is 1. The number of nitrogens with one attached hydrogen (secondary N) is 1. The van der Waals surface area contributed by atoms with Crippen LogP contribution in [0.3, 0.4) is 0 Å². The van der Waals surface area contributed by atoms with Gasteiger partial charge in [-0.15, -0.1) is 0 Å². The first-order chi connectivity index (χ1) is 9.56. The van der Waals surface area contributed by atoms with E-state index in [-0.39, 0.29) is 5.91 Å². The average Bonchev–Trinajstić information content (AvgIpc) is 2.42. The topological polar surface area (TPSA) is 45.2 Å². The minimum absolute atomic E-state index is 0.0515. The maximum Gasteiger partial charge on any atom is 0.229 e. The predicted octanol–water partition coefficient (Wildman–Crippen LogP) is 2.64.